The molecule has 3 amide bonds. The highest BCUT2D eigenvalue weighted by Crippen LogP contribution is 2.26. The largest absolute Gasteiger partial charge is 0.497 e. The van der Waals surface area contributed by atoms with Crippen molar-refractivity contribution in [1.29, 1.82) is 0 Å². The van der Waals surface area contributed by atoms with Gasteiger partial charge in [-0.3, -0.25) is 9.69 Å². The zero-order chi connectivity index (χ0) is 20.4. The van der Waals surface area contributed by atoms with Crippen LogP contribution in [0, 0.1) is 0 Å². The number of imide groups is 1. The molecule has 0 unspecified atom stereocenters. The Morgan fingerprint density at radius 1 is 1.07 bits per heavy atom. The maximum absolute atomic E-state index is 13.1. The molecule has 1 N–H and O–H groups in total. The van der Waals surface area contributed by atoms with Crippen LogP contribution in [0.2, 0.25) is 0 Å². The van der Waals surface area contributed by atoms with E-state index in [0.717, 1.165) is 30.8 Å². The number of carbonyl (C=O) groups excluding carboxylic acids is 2. The zero-order valence-electron chi connectivity index (χ0n) is 17.0. The van der Waals surface area contributed by atoms with E-state index < -0.39 is 5.54 Å². The van der Waals surface area contributed by atoms with E-state index in [2.05, 4.69) is 28.4 Å². The molecule has 1 fully saturated rings. The Morgan fingerprint density at radius 2 is 1.79 bits per heavy atom. The second-order valence-corrected chi connectivity index (χ2v) is 8.06. The second kappa shape index (κ2) is 7.87. The molecule has 0 spiro atoms. The van der Waals surface area contributed by atoms with Gasteiger partial charge >= 0.3 is 6.03 Å². The van der Waals surface area contributed by atoms with Crippen LogP contribution >= 0.6 is 0 Å². The molecule has 29 heavy (non-hydrogen) atoms. The van der Waals surface area contributed by atoms with Gasteiger partial charge in [0.1, 0.15) is 11.3 Å². The Bertz CT molecular complexity index is 912. The molecule has 4 rings (SSSR count). The number of rotatable bonds is 6. The van der Waals surface area contributed by atoms with Crippen LogP contribution in [0.25, 0.3) is 0 Å². The minimum Gasteiger partial charge on any atom is -0.497 e. The summed E-state index contributed by atoms with van der Waals surface area (Å²) >= 11 is 0. The van der Waals surface area contributed by atoms with Gasteiger partial charge in [-0.25, -0.2) is 9.69 Å². The van der Waals surface area contributed by atoms with Crippen LogP contribution in [0.5, 0.6) is 5.75 Å². The van der Waals surface area contributed by atoms with Crippen LogP contribution in [-0.4, -0.2) is 47.6 Å². The van der Waals surface area contributed by atoms with E-state index >= 15 is 0 Å². The summed E-state index contributed by atoms with van der Waals surface area (Å²) < 4.78 is 5.18. The zero-order valence-corrected chi connectivity index (χ0v) is 17.0. The smallest absolute Gasteiger partial charge is 0.326 e. The first-order chi connectivity index (χ1) is 14.0. The van der Waals surface area contributed by atoms with Crippen molar-refractivity contribution in [2.24, 2.45) is 0 Å². The minimum atomic E-state index is -0.870. The molecule has 2 aromatic rings. The van der Waals surface area contributed by atoms with Gasteiger partial charge in [0.15, 0.2) is 0 Å². The summed E-state index contributed by atoms with van der Waals surface area (Å²) in [7, 11) is 1.64. The van der Waals surface area contributed by atoms with Gasteiger partial charge in [-0.15, -0.1) is 0 Å². The van der Waals surface area contributed by atoms with Crippen molar-refractivity contribution in [3.05, 3.63) is 65.2 Å². The molecular weight excluding hydrogens is 366 g/mol. The SMILES string of the molecule is COc1ccc(CC[C@]2(C)NC(=O)N(CN3CCc4ccccc4C3)C2=O)cc1. The number of nitrogens with zero attached hydrogens (tertiary/aromatic N) is 2. The number of fused-ring (bicyclic) bond motifs is 1. The summed E-state index contributed by atoms with van der Waals surface area (Å²) in [5.41, 5.74) is 2.86. The quantitative estimate of drug-likeness (QED) is 0.767. The minimum absolute atomic E-state index is 0.144. The van der Waals surface area contributed by atoms with Gasteiger partial charge in [-0.1, -0.05) is 36.4 Å². The van der Waals surface area contributed by atoms with E-state index in [-0.39, 0.29) is 11.9 Å². The van der Waals surface area contributed by atoms with E-state index in [0.29, 0.717) is 19.5 Å². The van der Waals surface area contributed by atoms with E-state index in [1.54, 1.807) is 7.11 Å². The Morgan fingerprint density at radius 3 is 2.52 bits per heavy atom. The van der Waals surface area contributed by atoms with Crippen LogP contribution in [-0.2, 0) is 24.2 Å². The molecule has 0 aliphatic carbocycles. The fraction of sp³-hybridized carbons (Fsp3) is 0.391. The van der Waals surface area contributed by atoms with Crippen molar-refractivity contribution >= 4 is 11.9 Å². The number of benzene rings is 2. The van der Waals surface area contributed by atoms with Gasteiger partial charge in [0.25, 0.3) is 5.91 Å². The third-order valence-corrected chi connectivity index (χ3v) is 5.97. The third-order valence-electron chi connectivity index (χ3n) is 5.97. The normalized spacial score (nSPS) is 21.8. The number of hydrogen-bond donors (Lipinski definition) is 1. The average Bonchev–Trinajstić information content (AvgIpc) is 2.96. The first-order valence-electron chi connectivity index (χ1n) is 10.0. The van der Waals surface area contributed by atoms with Crippen molar-refractivity contribution < 1.29 is 14.3 Å². The Kier molecular flexibility index (Phi) is 5.28. The summed E-state index contributed by atoms with van der Waals surface area (Å²) in [5.74, 6) is 0.661. The number of carbonyl (C=O) groups is 2. The summed E-state index contributed by atoms with van der Waals surface area (Å²) in [6, 6.07) is 15.9. The van der Waals surface area contributed by atoms with Crippen molar-refractivity contribution in [3.8, 4) is 5.75 Å². The van der Waals surface area contributed by atoms with E-state index in [1.165, 1.54) is 16.0 Å². The van der Waals surface area contributed by atoms with Crippen LogP contribution in [0.15, 0.2) is 48.5 Å². The van der Waals surface area contributed by atoms with Gasteiger partial charge in [-0.05, 0) is 55.0 Å². The fourth-order valence-electron chi connectivity index (χ4n) is 4.11. The Labute approximate surface area is 171 Å². The fourth-order valence-corrected chi connectivity index (χ4v) is 4.11. The van der Waals surface area contributed by atoms with E-state index in [9.17, 15) is 9.59 Å². The summed E-state index contributed by atoms with van der Waals surface area (Å²) in [6.07, 6.45) is 2.20. The van der Waals surface area contributed by atoms with Crippen molar-refractivity contribution in [2.75, 3.05) is 20.3 Å². The van der Waals surface area contributed by atoms with E-state index in [1.807, 2.05) is 37.3 Å². The standard InChI is InChI=1S/C23H27N3O3/c1-23(13-11-17-7-9-20(29-2)10-8-17)21(27)26(22(28)24-23)16-25-14-12-18-5-3-4-6-19(18)15-25/h3-10H,11-16H2,1-2H3,(H,24,28)/t23-/m0/s1. The molecule has 0 bridgehead atoms. The highest BCUT2D eigenvalue weighted by Gasteiger charge is 2.47. The molecule has 6 heteroatoms. The molecular formula is C23H27N3O3. The van der Waals surface area contributed by atoms with Crippen LogP contribution in [0.3, 0.4) is 0 Å². The molecule has 1 atom stereocenters. The number of aryl methyl sites for hydroxylation is 1. The first-order valence-corrected chi connectivity index (χ1v) is 10.0. The maximum atomic E-state index is 13.1. The molecule has 1 saturated heterocycles. The molecule has 2 heterocycles. The first kappa shape index (κ1) is 19.5. The molecule has 0 saturated carbocycles. The van der Waals surface area contributed by atoms with Crippen LogP contribution < -0.4 is 10.1 Å². The number of methoxy groups -OCH3 is 1. The van der Waals surface area contributed by atoms with Crippen LogP contribution in [0.4, 0.5) is 4.79 Å². The maximum Gasteiger partial charge on any atom is 0.326 e. The van der Waals surface area contributed by atoms with Gasteiger partial charge in [-0.2, -0.15) is 0 Å². The Hall–Kier alpha value is -2.86. The van der Waals surface area contributed by atoms with Crippen molar-refractivity contribution in [2.45, 2.75) is 38.3 Å². The number of nitrogens with one attached hydrogen (secondary N) is 1. The number of amides is 3. The molecule has 2 aliphatic heterocycles. The lowest BCUT2D eigenvalue weighted by Crippen LogP contribution is -2.46. The summed E-state index contributed by atoms with van der Waals surface area (Å²) in [5, 5.41) is 2.92. The second-order valence-electron chi connectivity index (χ2n) is 8.06. The third kappa shape index (κ3) is 3.98. The Balaban J connectivity index is 1.38. The van der Waals surface area contributed by atoms with Gasteiger partial charge in [0, 0.05) is 13.1 Å². The molecule has 2 aliphatic rings. The predicted molar refractivity (Wildman–Crippen MR) is 111 cm³/mol. The van der Waals surface area contributed by atoms with Crippen molar-refractivity contribution in [1.82, 2.24) is 15.1 Å². The number of urea groups is 1. The highest BCUT2D eigenvalue weighted by molar-refractivity contribution is 6.06. The molecule has 0 aromatic heterocycles. The van der Waals surface area contributed by atoms with E-state index in [4.69, 9.17) is 4.74 Å². The highest BCUT2D eigenvalue weighted by atomic mass is 16.5. The van der Waals surface area contributed by atoms with Gasteiger partial charge in [0.2, 0.25) is 0 Å². The average molecular weight is 393 g/mol. The molecule has 6 nitrogen and oxygen atoms in total. The predicted octanol–water partition coefficient (Wildman–Crippen LogP) is 2.95. The lowest BCUT2D eigenvalue weighted by Gasteiger charge is -2.31. The topological polar surface area (TPSA) is 61.9 Å². The monoisotopic (exact) mass is 393 g/mol. The summed E-state index contributed by atoms with van der Waals surface area (Å²) in [4.78, 5) is 29.2. The lowest BCUT2D eigenvalue weighted by atomic mass is 9.93. The molecule has 0 radical (unpaired) electrons. The summed E-state index contributed by atoms with van der Waals surface area (Å²) in [6.45, 7) is 3.76. The number of ether oxygens (including phenoxy) is 1. The lowest BCUT2D eigenvalue weighted by molar-refractivity contribution is -0.132. The van der Waals surface area contributed by atoms with Gasteiger partial charge in [0.05, 0.1) is 13.8 Å². The molecule has 2 aromatic carbocycles. The van der Waals surface area contributed by atoms with Gasteiger partial charge < -0.3 is 10.1 Å². The van der Waals surface area contributed by atoms with Crippen molar-refractivity contribution in [3.63, 3.8) is 0 Å². The van der Waals surface area contributed by atoms with Crippen LogP contribution in [0.1, 0.15) is 30.0 Å². The molecule has 152 valence electrons. The number of hydrogen-bond acceptors (Lipinski definition) is 4.